The number of nitrogens with one attached hydrogen (secondary N) is 1. The molecule has 6 heteroatoms. The van der Waals surface area contributed by atoms with Gasteiger partial charge in [-0.2, -0.15) is 0 Å². The van der Waals surface area contributed by atoms with E-state index in [2.05, 4.69) is 10.3 Å². The van der Waals surface area contributed by atoms with Crippen LogP contribution in [0.1, 0.15) is 47.3 Å². The van der Waals surface area contributed by atoms with Crippen LogP contribution in [0.3, 0.4) is 0 Å². The number of hydrogen-bond donors (Lipinski definition) is 3. The van der Waals surface area contributed by atoms with E-state index in [9.17, 15) is 9.59 Å². The van der Waals surface area contributed by atoms with E-state index < -0.39 is 11.9 Å². The summed E-state index contributed by atoms with van der Waals surface area (Å²) in [5.41, 5.74) is 7.13. The highest BCUT2D eigenvalue weighted by Gasteiger charge is 2.39. The molecule has 2 rings (SSSR count). The largest absolute Gasteiger partial charge is 0.481 e. The van der Waals surface area contributed by atoms with Gasteiger partial charge in [-0.1, -0.05) is 6.42 Å². The second kappa shape index (κ2) is 5.71. The molecule has 1 aliphatic rings. The van der Waals surface area contributed by atoms with Gasteiger partial charge in [0, 0.05) is 12.2 Å². The lowest BCUT2D eigenvalue weighted by atomic mass is 9.66. The van der Waals surface area contributed by atoms with Gasteiger partial charge in [0.15, 0.2) is 0 Å². The lowest BCUT2D eigenvalue weighted by Crippen LogP contribution is -2.39. The number of aryl methyl sites for hydroxylation is 2. The molecule has 0 saturated heterocycles. The standard InChI is InChI=1S/C15H21N3O3/c1-9-6-10(2)18-14(12(9)13(16)21)17-8-15(4-3-5-15)7-11(19)20/h6H,3-5,7-8H2,1-2H3,(H2,16,21)(H,17,18)(H,19,20). The number of nitrogens with two attached hydrogens (primary N) is 1. The van der Waals surface area contributed by atoms with Crippen LogP contribution in [-0.2, 0) is 4.79 Å². The van der Waals surface area contributed by atoms with Crippen LogP contribution in [0.15, 0.2) is 6.07 Å². The highest BCUT2D eigenvalue weighted by Crippen LogP contribution is 2.44. The van der Waals surface area contributed by atoms with Gasteiger partial charge in [0.25, 0.3) is 5.91 Å². The molecule has 0 aromatic carbocycles. The molecule has 0 spiro atoms. The van der Waals surface area contributed by atoms with Gasteiger partial charge >= 0.3 is 5.97 Å². The molecule has 21 heavy (non-hydrogen) atoms. The van der Waals surface area contributed by atoms with Crippen molar-refractivity contribution in [2.75, 3.05) is 11.9 Å². The van der Waals surface area contributed by atoms with E-state index in [4.69, 9.17) is 10.8 Å². The highest BCUT2D eigenvalue weighted by molar-refractivity contribution is 5.99. The molecule has 0 radical (unpaired) electrons. The Labute approximate surface area is 123 Å². The molecule has 0 unspecified atom stereocenters. The molecule has 114 valence electrons. The van der Waals surface area contributed by atoms with Gasteiger partial charge in [0.2, 0.25) is 0 Å². The van der Waals surface area contributed by atoms with Crippen LogP contribution in [0.4, 0.5) is 5.82 Å². The van der Waals surface area contributed by atoms with E-state index in [0.717, 1.165) is 30.5 Å². The molecule has 1 amide bonds. The van der Waals surface area contributed by atoms with E-state index in [1.807, 2.05) is 19.9 Å². The Bertz CT molecular complexity index is 580. The van der Waals surface area contributed by atoms with Gasteiger partial charge < -0.3 is 16.2 Å². The zero-order valence-corrected chi connectivity index (χ0v) is 12.4. The summed E-state index contributed by atoms with van der Waals surface area (Å²) in [7, 11) is 0. The summed E-state index contributed by atoms with van der Waals surface area (Å²) in [5, 5.41) is 12.2. The number of amides is 1. The van der Waals surface area contributed by atoms with E-state index in [1.54, 1.807) is 0 Å². The summed E-state index contributed by atoms with van der Waals surface area (Å²) in [5.74, 6) is -0.861. The van der Waals surface area contributed by atoms with Gasteiger partial charge in [0.1, 0.15) is 5.82 Å². The van der Waals surface area contributed by atoms with Gasteiger partial charge in [0.05, 0.1) is 12.0 Å². The number of carboxylic acid groups (broad SMARTS) is 1. The van der Waals surface area contributed by atoms with Gasteiger partial charge in [-0.05, 0) is 43.7 Å². The molecule has 1 saturated carbocycles. The maximum atomic E-state index is 11.6. The molecule has 6 nitrogen and oxygen atoms in total. The van der Waals surface area contributed by atoms with Gasteiger partial charge in [-0.3, -0.25) is 9.59 Å². The monoisotopic (exact) mass is 291 g/mol. The number of carbonyl (C=O) groups is 2. The molecule has 1 aromatic rings. The second-order valence-electron chi connectivity index (χ2n) is 5.95. The van der Waals surface area contributed by atoms with E-state index >= 15 is 0 Å². The lowest BCUT2D eigenvalue weighted by Gasteiger charge is -2.41. The number of primary amides is 1. The maximum Gasteiger partial charge on any atom is 0.303 e. The van der Waals surface area contributed by atoms with Crippen molar-refractivity contribution in [2.24, 2.45) is 11.1 Å². The third-order valence-corrected chi connectivity index (χ3v) is 4.16. The molecule has 0 bridgehead atoms. The number of aliphatic carboxylic acids is 1. The van der Waals surface area contributed by atoms with Crippen LogP contribution < -0.4 is 11.1 Å². The van der Waals surface area contributed by atoms with Crippen LogP contribution in [0.5, 0.6) is 0 Å². The van der Waals surface area contributed by atoms with Crippen LogP contribution in [0, 0.1) is 19.3 Å². The highest BCUT2D eigenvalue weighted by atomic mass is 16.4. The fourth-order valence-electron chi connectivity index (χ4n) is 2.96. The Hall–Kier alpha value is -2.11. The quantitative estimate of drug-likeness (QED) is 0.741. The Morgan fingerprint density at radius 1 is 1.43 bits per heavy atom. The summed E-state index contributed by atoms with van der Waals surface area (Å²) in [6.07, 6.45) is 2.93. The number of carbonyl (C=O) groups excluding carboxylic acids is 1. The third kappa shape index (κ3) is 3.32. The Morgan fingerprint density at radius 3 is 2.57 bits per heavy atom. The van der Waals surface area contributed by atoms with Crippen molar-refractivity contribution in [3.05, 3.63) is 22.9 Å². The smallest absolute Gasteiger partial charge is 0.303 e. The Balaban J connectivity index is 2.19. The van der Waals surface area contributed by atoms with Crippen molar-refractivity contribution >= 4 is 17.7 Å². The second-order valence-corrected chi connectivity index (χ2v) is 5.95. The number of nitrogens with zero attached hydrogens (tertiary/aromatic N) is 1. The van der Waals surface area contributed by atoms with Crippen molar-refractivity contribution in [2.45, 2.75) is 39.5 Å². The fourth-order valence-corrected chi connectivity index (χ4v) is 2.96. The van der Waals surface area contributed by atoms with Crippen molar-refractivity contribution in [1.82, 2.24) is 4.98 Å². The normalized spacial score (nSPS) is 16.1. The van der Waals surface area contributed by atoms with Crippen LogP contribution in [-0.4, -0.2) is 28.5 Å². The van der Waals surface area contributed by atoms with E-state index in [1.165, 1.54) is 0 Å². The first-order valence-electron chi connectivity index (χ1n) is 7.07. The van der Waals surface area contributed by atoms with Crippen molar-refractivity contribution in [3.8, 4) is 0 Å². The molecule has 1 fully saturated rings. The molecule has 0 aliphatic heterocycles. The first-order chi connectivity index (χ1) is 9.83. The zero-order chi connectivity index (χ0) is 15.6. The molecule has 1 heterocycles. The number of carboxylic acids is 1. The number of anilines is 1. The Kier molecular flexibility index (Phi) is 4.16. The van der Waals surface area contributed by atoms with Crippen LogP contribution in [0.2, 0.25) is 0 Å². The zero-order valence-electron chi connectivity index (χ0n) is 12.4. The number of pyridine rings is 1. The van der Waals surface area contributed by atoms with Gasteiger partial charge in [-0.25, -0.2) is 4.98 Å². The first-order valence-corrected chi connectivity index (χ1v) is 7.07. The first kappa shape index (κ1) is 15.3. The minimum Gasteiger partial charge on any atom is -0.481 e. The SMILES string of the molecule is Cc1cc(C)c(C(N)=O)c(NCC2(CC(=O)O)CCC2)n1. The molecule has 1 aliphatic carbocycles. The van der Waals surface area contributed by atoms with E-state index in [-0.39, 0.29) is 11.8 Å². The molecule has 4 N–H and O–H groups in total. The average molecular weight is 291 g/mol. The molecule has 1 aromatic heterocycles. The van der Waals surface area contributed by atoms with Crippen molar-refractivity contribution in [3.63, 3.8) is 0 Å². The van der Waals surface area contributed by atoms with Crippen LogP contribution in [0.25, 0.3) is 0 Å². The number of aromatic nitrogens is 1. The minimum atomic E-state index is -0.792. The Morgan fingerprint density at radius 2 is 2.10 bits per heavy atom. The summed E-state index contributed by atoms with van der Waals surface area (Å²) in [6.45, 7) is 4.16. The topological polar surface area (TPSA) is 105 Å². The maximum absolute atomic E-state index is 11.6. The van der Waals surface area contributed by atoms with Crippen molar-refractivity contribution in [1.29, 1.82) is 0 Å². The van der Waals surface area contributed by atoms with Crippen molar-refractivity contribution < 1.29 is 14.7 Å². The van der Waals surface area contributed by atoms with Crippen LogP contribution >= 0.6 is 0 Å². The fraction of sp³-hybridized carbons (Fsp3) is 0.533. The predicted octanol–water partition coefficient (Wildman–Crippen LogP) is 1.85. The molecular weight excluding hydrogens is 270 g/mol. The minimum absolute atomic E-state index is 0.136. The summed E-state index contributed by atoms with van der Waals surface area (Å²) >= 11 is 0. The predicted molar refractivity (Wildman–Crippen MR) is 79.3 cm³/mol. The number of hydrogen-bond acceptors (Lipinski definition) is 4. The van der Waals surface area contributed by atoms with Gasteiger partial charge in [-0.15, -0.1) is 0 Å². The third-order valence-electron chi connectivity index (χ3n) is 4.16. The summed E-state index contributed by atoms with van der Waals surface area (Å²) < 4.78 is 0. The average Bonchev–Trinajstić information content (AvgIpc) is 2.30. The summed E-state index contributed by atoms with van der Waals surface area (Å²) in [6, 6.07) is 1.81. The van der Waals surface area contributed by atoms with E-state index in [0.29, 0.717) is 17.9 Å². The molecular formula is C15H21N3O3. The molecule has 0 atom stereocenters. The number of rotatable bonds is 6. The lowest BCUT2D eigenvalue weighted by molar-refractivity contribution is -0.141. The summed E-state index contributed by atoms with van der Waals surface area (Å²) in [4.78, 5) is 26.9.